The third-order valence-electron chi connectivity index (χ3n) is 11.1. The molecule has 12 aromatic rings. The number of rotatable bonds is 5. The maximum atomic E-state index is 5.41. The van der Waals surface area contributed by atoms with Crippen molar-refractivity contribution < 1.29 is 0 Å². The summed E-state index contributed by atoms with van der Waals surface area (Å²) in [7, 11) is 0. The molecule has 2 nitrogen and oxygen atoms in total. The summed E-state index contributed by atoms with van der Waals surface area (Å²) in [5, 5.41) is 6.39. The fourth-order valence-corrected chi connectivity index (χ4v) is 12.0. The Kier molecular flexibility index (Phi) is 7.48. The lowest BCUT2D eigenvalue weighted by atomic mass is 9.97. The molecule has 0 bridgehead atoms. The Balaban J connectivity index is 1.01. The first-order chi connectivity index (χ1) is 28.2. The molecule has 12 rings (SSSR count). The Morgan fingerprint density at radius 3 is 1.47 bits per heavy atom. The minimum atomic E-state index is 0.732. The molecule has 0 spiro atoms. The number of nitrogens with zero attached hydrogens (tertiary/aromatic N) is 2. The number of thiophene rings is 3. The van der Waals surface area contributed by atoms with E-state index in [0.29, 0.717) is 0 Å². The van der Waals surface area contributed by atoms with Gasteiger partial charge in [-0.2, -0.15) is 0 Å². The monoisotopic (exact) mass is 778 g/mol. The molecule has 0 fully saturated rings. The van der Waals surface area contributed by atoms with E-state index in [0.717, 1.165) is 38.2 Å². The van der Waals surface area contributed by atoms with Crippen LogP contribution in [0.3, 0.4) is 0 Å². The molecule has 266 valence electrons. The van der Waals surface area contributed by atoms with Gasteiger partial charge in [-0.3, -0.25) is 0 Å². The van der Waals surface area contributed by atoms with Crippen LogP contribution in [0.25, 0.3) is 117 Å². The second kappa shape index (κ2) is 13.0. The number of benzene rings is 8. The largest absolute Gasteiger partial charge is 0.226 e. The van der Waals surface area contributed by atoms with Crippen LogP contribution in [0, 0.1) is 0 Å². The molecule has 0 N–H and O–H groups in total. The molecule has 0 saturated carbocycles. The summed E-state index contributed by atoms with van der Waals surface area (Å²) in [6.07, 6.45) is 0. The average Bonchev–Trinajstić information content (AvgIpc) is 3.98. The first-order valence-corrected chi connectivity index (χ1v) is 21.5. The zero-order valence-electron chi connectivity index (χ0n) is 30.4. The van der Waals surface area contributed by atoms with Crippen molar-refractivity contribution in [2.24, 2.45) is 0 Å². The zero-order chi connectivity index (χ0) is 37.5. The molecule has 0 unspecified atom stereocenters. The van der Waals surface area contributed by atoms with Gasteiger partial charge in [-0.25, -0.2) is 9.97 Å². The van der Waals surface area contributed by atoms with Gasteiger partial charge >= 0.3 is 0 Å². The van der Waals surface area contributed by atoms with Gasteiger partial charge in [-0.1, -0.05) is 146 Å². The first kappa shape index (κ1) is 32.7. The summed E-state index contributed by atoms with van der Waals surface area (Å²) in [4.78, 5) is 10.7. The average molecular weight is 779 g/mol. The van der Waals surface area contributed by atoms with Crippen LogP contribution >= 0.6 is 34.0 Å². The normalized spacial score (nSPS) is 11.9. The first-order valence-electron chi connectivity index (χ1n) is 19.1. The Bertz CT molecular complexity index is 3540. The van der Waals surface area contributed by atoms with E-state index < -0.39 is 0 Å². The Labute approximate surface area is 340 Å². The van der Waals surface area contributed by atoms with Crippen LogP contribution in [-0.4, -0.2) is 9.97 Å². The summed E-state index contributed by atoms with van der Waals surface area (Å²) in [5.74, 6) is 0.732. The van der Waals surface area contributed by atoms with E-state index in [1.54, 1.807) is 11.3 Å². The molecule has 0 amide bonds. The van der Waals surface area contributed by atoms with Gasteiger partial charge < -0.3 is 0 Å². The van der Waals surface area contributed by atoms with Crippen molar-refractivity contribution in [3.8, 4) is 56.0 Å². The molecule has 57 heavy (non-hydrogen) atoms. The van der Waals surface area contributed by atoms with Crippen molar-refractivity contribution in [2.45, 2.75) is 0 Å². The van der Waals surface area contributed by atoms with Crippen LogP contribution in [-0.2, 0) is 0 Å². The van der Waals surface area contributed by atoms with E-state index in [1.807, 2.05) is 22.7 Å². The second-order valence-corrected chi connectivity index (χ2v) is 17.6. The van der Waals surface area contributed by atoms with Crippen LogP contribution in [0.5, 0.6) is 0 Å². The van der Waals surface area contributed by atoms with E-state index in [-0.39, 0.29) is 0 Å². The number of hydrogen-bond donors (Lipinski definition) is 0. The van der Waals surface area contributed by atoms with Crippen molar-refractivity contribution >= 4 is 94.7 Å². The van der Waals surface area contributed by atoms with Gasteiger partial charge in [0.15, 0.2) is 5.82 Å². The molecule has 0 aliphatic carbocycles. The fourth-order valence-electron chi connectivity index (χ4n) is 8.39. The lowest BCUT2D eigenvalue weighted by Gasteiger charge is -2.10. The predicted octanol–water partition coefficient (Wildman–Crippen LogP) is 15.9. The van der Waals surface area contributed by atoms with Crippen LogP contribution in [0.4, 0.5) is 0 Å². The van der Waals surface area contributed by atoms with Crippen LogP contribution < -0.4 is 0 Å². The molecule has 8 aromatic carbocycles. The third kappa shape index (κ3) is 5.35. The lowest BCUT2D eigenvalue weighted by Crippen LogP contribution is -1.94. The van der Waals surface area contributed by atoms with Crippen LogP contribution in [0.1, 0.15) is 0 Å². The van der Waals surface area contributed by atoms with E-state index in [9.17, 15) is 0 Å². The molecule has 0 atom stereocenters. The Morgan fingerprint density at radius 2 is 0.789 bits per heavy atom. The maximum Gasteiger partial charge on any atom is 0.160 e. The SMILES string of the molecule is c1ccc(-c2nc(-c3cccc(-c4cccc5c4sc4ccccc45)c3)nc3c2sc2ccc(-c4cccc(-c5cccc6c5sc5ccccc56)c4)cc23)cc1. The summed E-state index contributed by atoms with van der Waals surface area (Å²) in [6, 6.07) is 65.9. The lowest BCUT2D eigenvalue weighted by molar-refractivity contribution is 1.24. The van der Waals surface area contributed by atoms with Crippen molar-refractivity contribution in [3.63, 3.8) is 0 Å². The van der Waals surface area contributed by atoms with Crippen molar-refractivity contribution in [1.82, 2.24) is 9.97 Å². The maximum absolute atomic E-state index is 5.41. The summed E-state index contributed by atoms with van der Waals surface area (Å²) >= 11 is 5.51. The highest BCUT2D eigenvalue weighted by Gasteiger charge is 2.19. The van der Waals surface area contributed by atoms with E-state index in [2.05, 4.69) is 182 Å². The number of hydrogen-bond acceptors (Lipinski definition) is 5. The zero-order valence-corrected chi connectivity index (χ0v) is 32.9. The fraction of sp³-hybridized carbons (Fsp3) is 0. The van der Waals surface area contributed by atoms with Gasteiger partial charge in [0, 0.05) is 61.6 Å². The molecule has 0 aliphatic heterocycles. The standard InChI is InChI=1S/C52H30N2S3/c1-2-12-31(13-3-1)47-51-48(54-52(53-47)36-17-9-16-35(29-36)38-21-11-23-42-40-19-5-7-25-45(40)56-50(38)42)43-30-33(26-27-46(43)57-51)32-14-8-15-34(28-32)37-20-10-22-41-39-18-4-6-24-44(39)55-49(37)41/h1-30H. The van der Waals surface area contributed by atoms with E-state index >= 15 is 0 Å². The highest BCUT2D eigenvalue weighted by atomic mass is 32.1. The van der Waals surface area contributed by atoms with Gasteiger partial charge in [0.1, 0.15) is 0 Å². The van der Waals surface area contributed by atoms with Gasteiger partial charge in [-0.05, 0) is 69.8 Å². The van der Waals surface area contributed by atoms with E-state index in [4.69, 9.17) is 9.97 Å². The van der Waals surface area contributed by atoms with Gasteiger partial charge in [0.2, 0.25) is 0 Å². The Hall–Kier alpha value is -6.50. The minimum Gasteiger partial charge on any atom is -0.226 e. The summed E-state index contributed by atoms with van der Waals surface area (Å²) < 4.78 is 7.57. The molecule has 4 aromatic heterocycles. The molecule has 0 radical (unpaired) electrons. The second-order valence-electron chi connectivity index (χ2n) is 14.5. The third-order valence-corrected chi connectivity index (χ3v) is 14.7. The highest BCUT2D eigenvalue weighted by molar-refractivity contribution is 7.27. The topological polar surface area (TPSA) is 25.8 Å². The Morgan fingerprint density at radius 1 is 0.298 bits per heavy atom. The number of fused-ring (bicyclic) bond motifs is 9. The van der Waals surface area contributed by atoms with Gasteiger partial charge in [-0.15, -0.1) is 34.0 Å². The molecule has 4 heterocycles. The number of aromatic nitrogens is 2. The van der Waals surface area contributed by atoms with Gasteiger partial charge in [0.05, 0.1) is 15.9 Å². The summed E-state index contributed by atoms with van der Waals surface area (Å²) in [5.41, 5.74) is 11.3. The molecule has 5 heteroatoms. The summed E-state index contributed by atoms with van der Waals surface area (Å²) in [6.45, 7) is 0. The molecule has 0 aliphatic rings. The van der Waals surface area contributed by atoms with Crippen molar-refractivity contribution in [3.05, 3.63) is 182 Å². The highest BCUT2D eigenvalue weighted by Crippen LogP contribution is 2.44. The van der Waals surface area contributed by atoms with Crippen LogP contribution in [0.15, 0.2) is 182 Å². The predicted molar refractivity (Wildman–Crippen MR) is 248 cm³/mol. The van der Waals surface area contributed by atoms with Crippen LogP contribution in [0.2, 0.25) is 0 Å². The minimum absolute atomic E-state index is 0.732. The quantitative estimate of drug-likeness (QED) is 0.174. The smallest absolute Gasteiger partial charge is 0.160 e. The van der Waals surface area contributed by atoms with Crippen molar-refractivity contribution in [1.29, 1.82) is 0 Å². The molecular weight excluding hydrogens is 749 g/mol. The van der Waals surface area contributed by atoms with Crippen molar-refractivity contribution in [2.75, 3.05) is 0 Å². The molecule has 0 saturated heterocycles. The van der Waals surface area contributed by atoms with E-state index in [1.165, 1.54) is 78.4 Å². The van der Waals surface area contributed by atoms with Gasteiger partial charge in [0.25, 0.3) is 0 Å². The molecular formula is C52H30N2S3.